The van der Waals surface area contributed by atoms with E-state index in [1.165, 1.54) is 22.7 Å². The van der Waals surface area contributed by atoms with Crippen LogP contribution >= 0.6 is 34.3 Å². The highest BCUT2D eigenvalue weighted by atomic mass is 35.5. The van der Waals surface area contributed by atoms with Gasteiger partial charge < -0.3 is 11.1 Å². The molecule has 0 unspecified atom stereocenters. The number of pyridine rings is 1. The van der Waals surface area contributed by atoms with Crippen LogP contribution in [0.25, 0.3) is 21.5 Å². The molecule has 1 aromatic carbocycles. The maximum absolute atomic E-state index is 13.5. The van der Waals surface area contributed by atoms with E-state index in [0.29, 0.717) is 37.6 Å². The minimum atomic E-state index is -0.499. The van der Waals surface area contributed by atoms with Gasteiger partial charge >= 0.3 is 0 Å². The molecule has 4 aromatic rings. The van der Waals surface area contributed by atoms with Crippen molar-refractivity contribution in [1.29, 1.82) is 0 Å². The number of nitrogens with two attached hydrogens (primary N) is 1. The Morgan fingerprint density at radius 3 is 2.75 bits per heavy atom. The minimum Gasteiger partial charge on any atom is -0.365 e. The first-order chi connectivity index (χ1) is 15.4. The van der Waals surface area contributed by atoms with Gasteiger partial charge in [-0.05, 0) is 55.0 Å². The summed E-state index contributed by atoms with van der Waals surface area (Å²) in [5.41, 5.74) is 9.05. The lowest BCUT2D eigenvalue weighted by Crippen LogP contribution is -2.19. The fourth-order valence-electron chi connectivity index (χ4n) is 4.21. The number of carbonyl (C=O) groups excluding carboxylic acids is 2. The number of nitrogens with one attached hydrogen (secondary N) is 1. The molecule has 3 heterocycles. The number of primary amides is 1. The van der Waals surface area contributed by atoms with Crippen molar-refractivity contribution in [3.05, 3.63) is 68.4 Å². The number of para-hydroxylation sites is 1. The molecule has 0 aliphatic heterocycles. The number of aromatic nitrogens is 1. The Morgan fingerprint density at radius 1 is 1.19 bits per heavy atom. The molecular weight excluding hydrogens is 462 g/mol. The van der Waals surface area contributed by atoms with Gasteiger partial charge in [0.1, 0.15) is 5.00 Å². The van der Waals surface area contributed by atoms with E-state index in [4.69, 9.17) is 22.3 Å². The summed E-state index contributed by atoms with van der Waals surface area (Å²) in [6, 6.07) is 13.0. The number of amides is 2. The minimum absolute atomic E-state index is 0.290. The summed E-state index contributed by atoms with van der Waals surface area (Å²) in [5, 5.41) is 4.26. The zero-order chi connectivity index (χ0) is 22.4. The van der Waals surface area contributed by atoms with Crippen LogP contribution in [0.4, 0.5) is 5.00 Å². The molecular formula is C24H20ClN3O2S2. The maximum atomic E-state index is 13.5. The molecule has 5 nitrogen and oxygen atoms in total. The predicted octanol–water partition coefficient (Wildman–Crippen LogP) is 6.15. The van der Waals surface area contributed by atoms with Gasteiger partial charge in [-0.15, -0.1) is 22.7 Å². The van der Waals surface area contributed by atoms with Gasteiger partial charge in [-0.1, -0.05) is 36.7 Å². The van der Waals surface area contributed by atoms with Gasteiger partial charge in [-0.3, -0.25) is 9.59 Å². The van der Waals surface area contributed by atoms with Crippen LogP contribution in [0.1, 0.15) is 44.5 Å². The average molecular weight is 482 g/mol. The summed E-state index contributed by atoms with van der Waals surface area (Å²) in [6.45, 7) is 2.20. The van der Waals surface area contributed by atoms with Crippen molar-refractivity contribution >= 4 is 62.0 Å². The molecule has 3 aromatic heterocycles. The number of hydrogen-bond acceptors (Lipinski definition) is 5. The van der Waals surface area contributed by atoms with E-state index in [-0.39, 0.29) is 5.91 Å². The molecule has 2 amide bonds. The highest BCUT2D eigenvalue weighted by Crippen LogP contribution is 2.40. The third-order valence-electron chi connectivity index (χ3n) is 5.77. The molecule has 1 aliphatic carbocycles. The van der Waals surface area contributed by atoms with Crippen LogP contribution in [0.3, 0.4) is 0 Å². The molecule has 162 valence electrons. The fourth-order valence-corrected chi connectivity index (χ4v) is 6.63. The molecule has 8 heteroatoms. The SMILES string of the molecule is C[C@H]1CCc2c(sc(NC(=O)c3cc(-c4ccc(Cl)s4)nc4ccccc34)c2C(N)=O)C1. The van der Waals surface area contributed by atoms with Crippen molar-refractivity contribution < 1.29 is 9.59 Å². The number of fused-ring (bicyclic) bond motifs is 2. The van der Waals surface area contributed by atoms with Gasteiger partial charge in [-0.2, -0.15) is 0 Å². The predicted molar refractivity (Wildman–Crippen MR) is 132 cm³/mol. The monoisotopic (exact) mass is 481 g/mol. The summed E-state index contributed by atoms with van der Waals surface area (Å²) >= 11 is 8.99. The van der Waals surface area contributed by atoms with E-state index in [1.807, 2.05) is 36.4 Å². The van der Waals surface area contributed by atoms with Crippen molar-refractivity contribution in [2.24, 2.45) is 11.7 Å². The van der Waals surface area contributed by atoms with Crippen molar-refractivity contribution in [3.63, 3.8) is 0 Å². The van der Waals surface area contributed by atoms with E-state index in [0.717, 1.165) is 40.0 Å². The van der Waals surface area contributed by atoms with E-state index in [9.17, 15) is 9.59 Å². The number of halogens is 1. The Morgan fingerprint density at radius 2 is 2.00 bits per heavy atom. The number of carbonyl (C=O) groups is 2. The topological polar surface area (TPSA) is 85.1 Å². The standard InChI is InChI=1S/C24H20ClN3O2S2/c1-12-6-7-14-19(10-12)32-24(21(14)22(26)29)28-23(30)15-11-17(18-8-9-20(25)31-18)27-16-5-3-2-4-13(15)16/h2-5,8-9,11-12H,6-7,10H2,1H3,(H2,26,29)(H,28,30)/t12-/m0/s1. The molecule has 0 radical (unpaired) electrons. The zero-order valence-electron chi connectivity index (χ0n) is 17.3. The number of anilines is 1. The maximum Gasteiger partial charge on any atom is 0.257 e. The van der Waals surface area contributed by atoms with Crippen LogP contribution in [0.15, 0.2) is 42.5 Å². The largest absolute Gasteiger partial charge is 0.365 e. The number of hydrogen-bond donors (Lipinski definition) is 2. The second-order valence-corrected chi connectivity index (χ2v) is 10.9. The van der Waals surface area contributed by atoms with E-state index in [1.54, 1.807) is 6.07 Å². The van der Waals surface area contributed by atoms with Crippen LogP contribution in [0.2, 0.25) is 4.34 Å². The van der Waals surface area contributed by atoms with Crippen LogP contribution in [0, 0.1) is 5.92 Å². The van der Waals surface area contributed by atoms with Crippen LogP contribution in [0.5, 0.6) is 0 Å². The van der Waals surface area contributed by atoms with Crippen LogP contribution in [-0.4, -0.2) is 16.8 Å². The van der Waals surface area contributed by atoms with Gasteiger partial charge in [0.2, 0.25) is 0 Å². The Bertz CT molecular complexity index is 1380. The molecule has 0 bridgehead atoms. The summed E-state index contributed by atoms with van der Waals surface area (Å²) in [4.78, 5) is 32.5. The molecule has 0 saturated carbocycles. The number of thiophene rings is 2. The first-order valence-electron chi connectivity index (χ1n) is 10.3. The Kier molecular flexibility index (Phi) is 5.49. The van der Waals surface area contributed by atoms with Gasteiger partial charge in [-0.25, -0.2) is 4.98 Å². The zero-order valence-corrected chi connectivity index (χ0v) is 19.7. The van der Waals surface area contributed by atoms with Crippen molar-refractivity contribution in [1.82, 2.24) is 4.98 Å². The highest BCUT2D eigenvalue weighted by Gasteiger charge is 2.28. The lowest BCUT2D eigenvalue weighted by molar-refractivity contribution is 0.1000. The molecule has 1 aliphatic rings. The first-order valence-corrected chi connectivity index (χ1v) is 12.3. The van der Waals surface area contributed by atoms with E-state index >= 15 is 0 Å². The van der Waals surface area contributed by atoms with Crippen molar-refractivity contribution in [2.45, 2.75) is 26.2 Å². The molecule has 3 N–H and O–H groups in total. The lowest BCUT2D eigenvalue weighted by Gasteiger charge is -2.18. The number of nitrogens with zero attached hydrogens (tertiary/aromatic N) is 1. The van der Waals surface area contributed by atoms with E-state index in [2.05, 4.69) is 12.2 Å². The lowest BCUT2D eigenvalue weighted by atomic mass is 9.88. The Balaban J connectivity index is 1.58. The second kappa shape index (κ2) is 8.31. The summed E-state index contributed by atoms with van der Waals surface area (Å²) in [7, 11) is 0. The summed E-state index contributed by atoms with van der Waals surface area (Å²) in [5.74, 6) is -0.239. The number of rotatable bonds is 4. The molecule has 5 rings (SSSR count). The van der Waals surface area contributed by atoms with Crippen LogP contribution in [-0.2, 0) is 12.8 Å². The van der Waals surface area contributed by atoms with Gasteiger partial charge in [0, 0.05) is 10.3 Å². The summed E-state index contributed by atoms with van der Waals surface area (Å²) < 4.78 is 0.658. The van der Waals surface area contributed by atoms with Crippen LogP contribution < -0.4 is 11.1 Å². The molecule has 0 spiro atoms. The molecule has 0 saturated heterocycles. The Labute approximate surface area is 198 Å². The third-order valence-corrected chi connectivity index (χ3v) is 8.20. The molecule has 32 heavy (non-hydrogen) atoms. The first kappa shape index (κ1) is 21.1. The number of benzene rings is 1. The smallest absolute Gasteiger partial charge is 0.257 e. The van der Waals surface area contributed by atoms with Gasteiger partial charge in [0.05, 0.1) is 31.6 Å². The Hall–Kier alpha value is -2.74. The molecule has 1 atom stereocenters. The van der Waals surface area contributed by atoms with Gasteiger partial charge in [0.25, 0.3) is 11.8 Å². The van der Waals surface area contributed by atoms with Crippen molar-refractivity contribution in [3.8, 4) is 10.6 Å². The summed E-state index contributed by atoms with van der Waals surface area (Å²) in [6.07, 6.45) is 2.72. The second-order valence-electron chi connectivity index (χ2n) is 8.05. The van der Waals surface area contributed by atoms with Crippen molar-refractivity contribution in [2.75, 3.05) is 5.32 Å². The molecule has 0 fully saturated rings. The average Bonchev–Trinajstić information content (AvgIpc) is 3.35. The third kappa shape index (κ3) is 3.81. The van der Waals surface area contributed by atoms with Gasteiger partial charge in [0.15, 0.2) is 0 Å². The van der Waals surface area contributed by atoms with E-state index < -0.39 is 5.91 Å². The highest BCUT2D eigenvalue weighted by molar-refractivity contribution is 7.19. The quantitative estimate of drug-likeness (QED) is 0.366. The normalized spacial score (nSPS) is 15.5. The fraction of sp³-hybridized carbons (Fsp3) is 0.208.